The summed E-state index contributed by atoms with van der Waals surface area (Å²) in [5.41, 5.74) is 1.83. The van der Waals surface area contributed by atoms with Crippen LogP contribution in [0.2, 0.25) is 0 Å². The molecule has 0 aromatic heterocycles. The number of benzene rings is 2. The Morgan fingerprint density at radius 3 is 2.14 bits per heavy atom. The first-order valence-corrected chi connectivity index (χ1v) is 10.3. The predicted octanol–water partition coefficient (Wildman–Crippen LogP) is 2.34. The van der Waals surface area contributed by atoms with Crippen molar-refractivity contribution < 1.29 is 19.1 Å². The Hall–Kier alpha value is -3.00. The zero-order valence-corrected chi connectivity index (χ0v) is 16.8. The van der Waals surface area contributed by atoms with Gasteiger partial charge >= 0.3 is 0 Å². The van der Waals surface area contributed by atoms with E-state index in [9.17, 15) is 14.4 Å². The summed E-state index contributed by atoms with van der Waals surface area (Å²) in [4.78, 5) is 41.6. The maximum Gasteiger partial charge on any atom is 0.254 e. The normalized spacial score (nSPS) is 16.1. The summed E-state index contributed by atoms with van der Waals surface area (Å²) >= 11 is 1.47. The van der Waals surface area contributed by atoms with Gasteiger partial charge in [0, 0.05) is 42.2 Å². The van der Waals surface area contributed by atoms with E-state index < -0.39 is 0 Å². The number of hydrogen-bond acceptors (Lipinski definition) is 5. The molecule has 0 saturated carbocycles. The molecule has 1 N–H and O–H groups in total. The molecule has 3 amide bonds. The monoisotopic (exact) mass is 411 g/mol. The fourth-order valence-electron chi connectivity index (χ4n) is 3.43. The van der Waals surface area contributed by atoms with Crippen LogP contribution in [0, 0.1) is 0 Å². The molecule has 1 saturated heterocycles. The molecule has 0 unspecified atom stereocenters. The van der Waals surface area contributed by atoms with Crippen LogP contribution in [0.4, 0.5) is 5.69 Å². The summed E-state index contributed by atoms with van der Waals surface area (Å²) in [5.74, 6) is 0.904. The molecule has 2 aliphatic heterocycles. The number of amides is 3. The van der Waals surface area contributed by atoms with Gasteiger partial charge in [-0.3, -0.25) is 14.4 Å². The Morgan fingerprint density at radius 1 is 0.931 bits per heavy atom. The Bertz CT molecular complexity index is 953. The van der Waals surface area contributed by atoms with Gasteiger partial charge in [-0.15, -0.1) is 11.8 Å². The van der Waals surface area contributed by atoms with Gasteiger partial charge in [-0.2, -0.15) is 0 Å². The molecule has 29 heavy (non-hydrogen) atoms. The van der Waals surface area contributed by atoms with Crippen LogP contribution >= 0.6 is 11.8 Å². The molecule has 1 fully saturated rings. The van der Waals surface area contributed by atoms with Gasteiger partial charge in [0.05, 0.1) is 18.6 Å². The number of methoxy groups -OCH3 is 1. The van der Waals surface area contributed by atoms with Gasteiger partial charge in [-0.25, -0.2) is 0 Å². The Morgan fingerprint density at radius 2 is 1.52 bits per heavy atom. The molecule has 8 heteroatoms. The molecule has 150 valence electrons. The number of piperazine rings is 1. The number of thioether (sulfide) groups is 1. The van der Waals surface area contributed by atoms with Crippen LogP contribution in [-0.4, -0.2) is 66.6 Å². The second kappa shape index (κ2) is 8.16. The minimum absolute atomic E-state index is 0.0479. The maximum atomic E-state index is 12.9. The van der Waals surface area contributed by atoms with Gasteiger partial charge < -0.3 is 19.9 Å². The Balaban J connectivity index is 1.39. The number of hydrogen-bond donors (Lipinski definition) is 1. The third kappa shape index (κ3) is 4.07. The number of carbonyl (C=O) groups is 3. The van der Waals surface area contributed by atoms with Crippen molar-refractivity contribution in [1.82, 2.24) is 9.80 Å². The van der Waals surface area contributed by atoms with E-state index in [2.05, 4.69) is 5.32 Å². The summed E-state index contributed by atoms with van der Waals surface area (Å²) in [7, 11) is 1.59. The first-order chi connectivity index (χ1) is 14.0. The number of nitrogens with zero attached hydrogens (tertiary/aromatic N) is 2. The summed E-state index contributed by atoms with van der Waals surface area (Å²) in [6, 6.07) is 12.4. The molecule has 0 spiro atoms. The van der Waals surface area contributed by atoms with Crippen molar-refractivity contribution in [3.05, 3.63) is 53.6 Å². The van der Waals surface area contributed by atoms with Gasteiger partial charge in [0.1, 0.15) is 5.75 Å². The third-order valence-electron chi connectivity index (χ3n) is 5.05. The zero-order valence-electron chi connectivity index (χ0n) is 16.0. The molecule has 4 rings (SSSR count). The lowest BCUT2D eigenvalue weighted by molar-refractivity contribution is -0.113. The average molecular weight is 411 g/mol. The summed E-state index contributed by atoms with van der Waals surface area (Å²) in [5, 5.41) is 2.81. The molecule has 2 heterocycles. The number of rotatable bonds is 3. The van der Waals surface area contributed by atoms with E-state index in [4.69, 9.17) is 4.74 Å². The molecular formula is C21H21N3O4S. The highest BCUT2D eigenvalue weighted by molar-refractivity contribution is 8.00. The molecule has 0 atom stereocenters. The highest BCUT2D eigenvalue weighted by Gasteiger charge is 2.26. The van der Waals surface area contributed by atoms with E-state index in [0.29, 0.717) is 54.5 Å². The standard InChI is InChI=1S/C21H21N3O4S/c1-28-16-5-2-14(3-6-16)20(26)23-8-10-24(11-9-23)21(27)15-4-7-18-17(12-15)22-19(25)13-29-18/h2-7,12H,8-11,13H2,1H3,(H,22,25). The van der Waals surface area contributed by atoms with E-state index >= 15 is 0 Å². The van der Waals surface area contributed by atoms with Crippen LogP contribution in [0.15, 0.2) is 47.4 Å². The molecule has 0 aliphatic carbocycles. The highest BCUT2D eigenvalue weighted by atomic mass is 32.2. The van der Waals surface area contributed by atoms with Gasteiger partial charge in [0.15, 0.2) is 0 Å². The molecular weight excluding hydrogens is 390 g/mol. The number of anilines is 1. The van der Waals surface area contributed by atoms with E-state index in [1.54, 1.807) is 53.3 Å². The largest absolute Gasteiger partial charge is 0.497 e. The van der Waals surface area contributed by atoms with E-state index in [1.807, 2.05) is 6.07 Å². The molecule has 2 aliphatic rings. The predicted molar refractivity (Wildman–Crippen MR) is 111 cm³/mol. The fraction of sp³-hybridized carbons (Fsp3) is 0.286. The quantitative estimate of drug-likeness (QED) is 0.839. The van der Waals surface area contributed by atoms with Crippen molar-refractivity contribution in [2.24, 2.45) is 0 Å². The van der Waals surface area contributed by atoms with Gasteiger partial charge in [0.25, 0.3) is 11.8 Å². The lowest BCUT2D eigenvalue weighted by Gasteiger charge is -2.35. The van der Waals surface area contributed by atoms with E-state index in [1.165, 1.54) is 11.8 Å². The first kappa shape index (κ1) is 19.3. The number of ether oxygens (including phenoxy) is 1. The summed E-state index contributed by atoms with van der Waals surface area (Å²) < 4.78 is 5.12. The Kier molecular flexibility index (Phi) is 5.44. The van der Waals surface area contributed by atoms with Crippen molar-refractivity contribution in [3.8, 4) is 5.75 Å². The van der Waals surface area contributed by atoms with Gasteiger partial charge in [0.2, 0.25) is 5.91 Å². The van der Waals surface area contributed by atoms with Crippen molar-refractivity contribution in [2.45, 2.75) is 4.90 Å². The number of fused-ring (bicyclic) bond motifs is 1. The average Bonchev–Trinajstić information content (AvgIpc) is 2.77. The summed E-state index contributed by atoms with van der Waals surface area (Å²) in [6.07, 6.45) is 0. The molecule has 2 aromatic carbocycles. The SMILES string of the molecule is COc1ccc(C(=O)N2CCN(C(=O)c3ccc4c(c3)NC(=O)CS4)CC2)cc1. The van der Waals surface area contributed by atoms with Crippen molar-refractivity contribution in [2.75, 3.05) is 44.4 Å². The van der Waals surface area contributed by atoms with Crippen LogP contribution < -0.4 is 10.1 Å². The fourth-order valence-corrected chi connectivity index (χ4v) is 4.22. The van der Waals surface area contributed by atoms with Crippen LogP contribution in [0.1, 0.15) is 20.7 Å². The van der Waals surface area contributed by atoms with Crippen molar-refractivity contribution in [3.63, 3.8) is 0 Å². The first-order valence-electron chi connectivity index (χ1n) is 9.34. The smallest absolute Gasteiger partial charge is 0.254 e. The van der Waals surface area contributed by atoms with Gasteiger partial charge in [-0.05, 0) is 42.5 Å². The summed E-state index contributed by atoms with van der Waals surface area (Å²) in [6.45, 7) is 1.90. The van der Waals surface area contributed by atoms with Crippen LogP contribution in [0.25, 0.3) is 0 Å². The minimum atomic E-state index is -0.0887. The lowest BCUT2D eigenvalue weighted by Crippen LogP contribution is -2.50. The topological polar surface area (TPSA) is 79.0 Å². The van der Waals surface area contributed by atoms with Crippen LogP contribution in [-0.2, 0) is 4.79 Å². The Labute approximate surface area is 173 Å². The van der Waals surface area contributed by atoms with Crippen LogP contribution in [0.5, 0.6) is 5.75 Å². The minimum Gasteiger partial charge on any atom is -0.497 e. The number of nitrogens with one attached hydrogen (secondary N) is 1. The zero-order chi connectivity index (χ0) is 20.4. The molecule has 7 nitrogen and oxygen atoms in total. The molecule has 2 aromatic rings. The van der Waals surface area contributed by atoms with Crippen LogP contribution in [0.3, 0.4) is 0 Å². The molecule has 0 radical (unpaired) electrons. The highest BCUT2D eigenvalue weighted by Crippen LogP contribution is 2.32. The maximum absolute atomic E-state index is 12.9. The molecule has 0 bridgehead atoms. The second-order valence-electron chi connectivity index (χ2n) is 6.86. The van der Waals surface area contributed by atoms with E-state index in [0.717, 1.165) is 4.90 Å². The van der Waals surface area contributed by atoms with Gasteiger partial charge in [-0.1, -0.05) is 0 Å². The second-order valence-corrected chi connectivity index (χ2v) is 7.88. The van der Waals surface area contributed by atoms with Crippen molar-refractivity contribution >= 4 is 35.2 Å². The number of carbonyl (C=O) groups excluding carboxylic acids is 3. The lowest BCUT2D eigenvalue weighted by atomic mass is 10.1. The van der Waals surface area contributed by atoms with E-state index in [-0.39, 0.29) is 17.7 Å². The van der Waals surface area contributed by atoms with Crippen molar-refractivity contribution in [1.29, 1.82) is 0 Å². The third-order valence-corrected chi connectivity index (χ3v) is 6.12.